The van der Waals surface area contributed by atoms with Crippen molar-refractivity contribution in [3.63, 3.8) is 0 Å². The molecule has 0 aliphatic rings. The van der Waals surface area contributed by atoms with Gasteiger partial charge in [0.2, 0.25) is 0 Å². The van der Waals surface area contributed by atoms with Gasteiger partial charge in [-0.3, -0.25) is 0 Å². The summed E-state index contributed by atoms with van der Waals surface area (Å²) < 4.78 is 5.27. The number of benzene rings is 1. The lowest BCUT2D eigenvalue weighted by Gasteiger charge is -2.08. The summed E-state index contributed by atoms with van der Waals surface area (Å²) in [5.74, 6) is 0.763. The molecule has 2 rings (SSSR count). The Kier molecular flexibility index (Phi) is 2.72. The van der Waals surface area contributed by atoms with Crippen LogP contribution in [0.5, 0.6) is 5.75 Å². The second-order valence-corrected chi connectivity index (χ2v) is 3.51. The predicted octanol–water partition coefficient (Wildman–Crippen LogP) is 1.75. The maximum atomic E-state index is 10.9. The van der Waals surface area contributed by atoms with E-state index in [0.29, 0.717) is 0 Å². The predicted molar refractivity (Wildman–Crippen MR) is 61.6 cm³/mol. The number of aromatic amines is 1. The second kappa shape index (κ2) is 4.18. The van der Waals surface area contributed by atoms with E-state index in [0.717, 1.165) is 22.4 Å². The minimum atomic E-state index is -0.352. The molecule has 16 heavy (non-hydrogen) atoms. The van der Waals surface area contributed by atoms with Gasteiger partial charge in [0, 0.05) is 23.5 Å². The monoisotopic (exact) mass is 216 g/mol. The molecule has 0 radical (unpaired) electrons. The Bertz CT molecular complexity index is 541. The average molecular weight is 216 g/mol. The van der Waals surface area contributed by atoms with Crippen LogP contribution in [0.3, 0.4) is 0 Å². The number of aryl methyl sites for hydroxylation is 1. The Morgan fingerprint density at radius 1 is 1.38 bits per heavy atom. The van der Waals surface area contributed by atoms with Crippen LogP contribution in [0.25, 0.3) is 11.1 Å². The molecule has 0 atom stereocenters. The average Bonchev–Trinajstić information content (AvgIpc) is 2.30. The summed E-state index contributed by atoms with van der Waals surface area (Å²) in [5.41, 5.74) is 2.53. The van der Waals surface area contributed by atoms with Gasteiger partial charge < -0.3 is 9.72 Å². The number of nitrogens with zero attached hydrogens (tertiary/aromatic N) is 1. The Hall–Kier alpha value is -2.10. The van der Waals surface area contributed by atoms with Crippen LogP contribution in [0.15, 0.2) is 35.4 Å². The summed E-state index contributed by atoms with van der Waals surface area (Å²) in [6, 6.07) is 5.87. The first-order chi connectivity index (χ1) is 7.70. The molecule has 0 aliphatic heterocycles. The summed E-state index contributed by atoms with van der Waals surface area (Å²) in [7, 11) is 1.62. The number of nitrogens with one attached hydrogen (secondary N) is 1. The van der Waals surface area contributed by atoms with E-state index in [1.54, 1.807) is 13.3 Å². The zero-order valence-electron chi connectivity index (χ0n) is 9.15. The van der Waals surface area contributed by atoms with E-state index in [4.69, 9.17) is 4.74 Å². The third-order valence-electron chi connectivity index (χ3n) is 2.34. The maximum Gasteiger partial charge on any atom is 0.344 e. The summed E-state index contributed by atoms with van der Waals surface area (Å²) >= 11 is 0. The van der Waals surface area contributed by atoms with Gasteiger partial charge in [0.05, 0.1) is 7.11 Å². The highest BCUT2D eigenvalue weighted by atomic mass is 16.5. The molecular formula is C12H12N2O2. The molecule has 2 aromatic rings. The highest BCUT2D eigenvalue weighted by molar-refractivity contribution is 5.69. The molecule has 0 saturated heterocycles. The summed E-state index contributed by atoms with van der Waals surface area (Å²) in [6.45, 7) is 2.00. The molecule has 1 N–H and O–H groups in total. The van der Waals surface area contributed by atoms with Crippen molar-refractivity contribution < 1.29 is 4.74 Å². The summed E-state index contributed by atoms with van der Waals surface area (Å²) in [4.78, 5) is 17.1. The first-order valence-corrected chi connectivity index (χ1v) is 4.90. The standard InChI is InChI=1S/C12H12N2O2/c1-8-3-4-11(16-2)10(5-8)9-6-13-12(15)14-7-9/h3-7H,1-2H3,(H,13,14,15). The van der Waals surface area contributed by atoms with Crippen LogP contribution in [0, 0.1) is 6.92 Å². The number of aromatic nitrogens is 2. The maximum absolute atomic E-state index is 10.9. The number of methoxy groups -OCH3 is 1. The largest absolute Gasteiger partial charge is 0.496 e. The minimum Gasteiger partial charge on any atom is -0.496 e. The van der Waals surface area contributed by atoms with E-state index in [1.165, 1.54) is 6.20 Å². The van der Waals surface area contributed by atoms with Crippen LogP contribution in [-0.2, 0) is 0 Å². The number of hydrogen-bond acceptors (Lipinski definition) is 3. The molecule has 4 heteroatoms. The zero-order chi connectivity index (χ0) is 11.5. The number of rotatable bonds is 2. The van der Waals surface area contributed by atoms with E-state index in [2.05, 4.69) is 9.97 Å². The third kappa shape index (κ3) is 1.95. The fraction of sp³-hybridized carbons (Fsp3) is 0.167. The van der Waals surface area contributed by atoms with Crippen molar-refractivity contribution in [1.29, 1.82) is 0 Å². The normalized spacial score (nSPS) is 10.1. The smallest absolute Gasteiger partial charge is 0.344 e. The lowest BCUT2D eigenvalue weighted by Crippen LogP contribution is -2.08. The minimum absolute atomic E-state index is 0.352. The van der Waals surface area contributed by atoms with Gasteiger partial charge in [-0.15, -0.1) is 0 Å². The molecule has 0 bridgehead atoms. The highest BCUT2D eigenvalue weighted by Gasteiger charge is 2.06. The van der Waals surface area contributed by atoms with Crippen molar-refractivity contribution in [1.82, 2.24) is 9.97 Å². The van der Waals surface area contributed by atoms with Crippen LogP contribution in [-0.4, -0.2) is 17.1 Å². The van der Waals surface area contributed by atoms with Gasteiger partial charge in [-0.2, -0.15) is 0 Å². The molecule has 0 fully saturated rings. The van der Waals surface area contributed by atoms with Gasteiger partial charge in [-0.05, 0) is 19.1 Å². The molecule has 0 aliphatic carbocycles. The lowest BCUT2D eigenvalue weighted by atomic mass is 10.1. The van der Waals surface area contributed by atoms with E-state index in [1.807, 2.05) is 25.1 Å². The van der Waals surface area contributed by atoms with Gasteiger partial charge in [0.1, 0.15) is 5.75 Å². The van der Waals surface area contributed by atoms with Crippen molar-refractivity contribution in [2.45, 2.75) is 6.92 Å². The molecular weight excluding hydrogens is 204 g/mol. The van der Waals surface area contributed by atoms with Gasteiger partial charge in [0.25, 0.3) is 0 Å². The Labute approximate surface area is 92.9 Å². The van der Waals surface area contributed by atoms with Gasteiger partial charge in [-0.25, -0.2) is 9.78 Å². The first kappa shape index (κ1) is 10.4. The van der Waals surface area contributed by atoms with E-state index in [9.17, 15) is 4.79 Å². The van der Waals surface area contributed by atoms with Crippen LogP contribution in [0.1, 0.15) is 5.56 Å². The Balaban J connectivity index is 2.57. The number of ether oxygens (including phenoxy) is 1. The molecule has 1 aromatic carbocycles. The van der Waals surface area contributed by atoms with Crippen molar-refractivity contribution in [3.8, 4) is 16.9 Å². The molecule has 82 valence electrons. The summed E-state index contributed by atoms with van der Waals surface area (Å²) in [6.07, 6.45) is 3.17. The third-order valence-corrected chi connectivity index (χ3v) is 2.34. The molecule has 1 aromatic heterocycles. The van der Waals surface area contributed by atoms with Gasteiger partial charge in [-0.1, -0.05) is 11.6 Å². The topological polar surface area (TPSA) is 55.0 Å². The van der Waals surface area contributed by atoms with Crippen LogP contribution in [0.4, 0.5) is 0 Å². The van der Waals surface area contributed by atoms with Crippen molar-refractivity contribution in [2.24, 2.45) is 0 Å². The fourth-order valence-corrected chi connectivity index (χ4v) is 1.54. The van der Waals surface area contributed by atoms with E-state index < -0.39 is 0 Å². The number of H-pyrrole nitrogens is 1. The SMILES string of the molecule is COc1ccc(C)cc1-c1cnc(=O)[nH]c1. The fourth-order valence-electron chi connectivity index (χ4n) is 1.54. The van der Waals surface area contributed by atoms with Gasteiger partial charge >= 0.3 is 5.69 Å². The van der Waals surface area contributed by atoms with Crippen molar-refractivity contribution in [3.05, 3.63) is 46.6 Å². The first-order valence-electron chi connectivity index (χ1n) is 4.90. The molecule has 1 heterocycles. The molecule has 4 nitrogen and oxygen atoms in total. The van der Waals surface area contributed by atoms with Crippen LogP contribution in [0.2, 0.25) is 0 Å². The van der Waals surface area contributed by atoms with Crippen LogP contribution < -0.4 is 10.4 Å². The second-order valence-electron chi connectivity index (χ2n) is 3.51. The number of hydrogen-bond donors (Lipinski definition) is 1. The lowest BCUT2D eigenvalue weighted by molar-refractivity contribution is 0.416. The van der Waals surface area contributed by atoms with Crippen molar-refractivity contribution >= 4 is 0 Å². The molecule has 0 spiro atoms. The van der Waals surface area contributed by atoms with E-state index >= 15 is 0 Å². The van der Waals surface area contributed by atoms with Crippen molar-refractivity contribution in [2.75, 3.05) is 7.11 Å². The summed E-state index contributed by atoms with van der Waals surface area (Å²) in [5, 5.41) is 0. The zero-order valence-corrected chi connectivity index (χ0v) is 9.15. The van der Waals surface area contributed by atoms with E-state index in [-0.39, 0.29) is 5.69 Å². The van der Waals surface area contributed by atoms with Gasteiger partial charge in [0.15, 0.2) is 0 Å². The molecule has 0 amide bonds. The quantitative estimate of drug-likeness (QED) is 0.832. The Morgan fingerprint density at radius 3 is 2.81 bits per heavy atom. The van der Waals surface area contributed by atoms with Crippen LogP contribution >= 0.6 is 0 Å². The molecule has 0 saturated carbocycles. The molecule has 0 unspecified atom stereocenters. The Morgan fingerprint density at radius 2 is 2.19 bits per heavy atom. The highest BCUT2D eigenvalue weighted by Crippen LogP contribution is 2.29.